The lowest BCUT2D eigenvalue weighted by atomic mass is 10.2. The summed E-state index contributed by atoms with van der Waals surface area (Å²) in [6.07, 6.45) is 2.05. The molecule has 0 N–H and O–H groups in total. The van der Waals surface area contributed by atoms with Crippen molar-refractivity contribution in [3.8, 4) is 0 Å². The monoisotopic (exact) mass is 191 g/mol. The van der Waals surface area contributed by atoms with E-state index in [0.717, 1.165) is 5.56 Å². The van der Waals surface area contributed by atoms with Crippen LogP contribution in [-0.4, -0.2) is 18.9 Å². The van der Waals surface area contributed by atoms with Crippen LogP contribution in [0, 0.1) is 0 Å². The van der Waals surface area contributed by atoms with Crippen LogP contribution < -0.4 is 0 Å². The summed E-state index contributed by atoms with van der Waals surface area (Å²) in [6, 6.07) is 9.32. The molecule has 0 bridgehead atoms. The predicted molar refractivity (Wildman–Crippen MR) is 51.4 cm³/mol. The van der Waals surface area contributed by atoms with E-state index in [-0.39, 0.29) is 25.4 Å². The minimum Gasteiger partial charge on any atom is -0.465 e. The molecule has 0 saturated heterocycles. The molecular formula is C11H11O3. The fourth-order valence-electron chi connectivity index (χ4n) is 1.02. The summed E-state index contributed by atoms with van der Waals surface area (Å²) in [5.74, 6) is -0.313. The molecule has 0 spiro atoms. The Labute approximate surface area is 82.7 Å². The van der Waals surface area contributed by atoms with Gasteiger partial charge < -0.3 is 4.74 Å². The molecule has 0 fully saturated rings. The van der Waals surface area contributed by atoms with E-state index in [4.69, 9.17) is 4.74 Å². The molecule has 0 aromatic heterocycles. The molecule has 1 rings (SSSR count). The highest BCUT2D eigenvalue weighted by Gasteiger charge is 2.03. The van der Waals surface area contributed by atoms with Crippen LogP contribution in [0.2, 0.25) is 0 Å². The fourth-order valence-corrected chi connectivity index (χ4v) is 1.02. The van der Waals surface area contributed by atoms with Gasteiger partial charge in [0.1, 0.15) is 0 Å². The zero-order chi connectivity index (χ0) is 10.2. The number of ether oxygens (including phenoxy) is 1. The average molecular weight is 191 g/mol. The first-order valence-corrected chi connectivity index (χ1v) is 4.37. The zero-order valence-corrected chi connectivity index (χ0v) is 7.73. The Kier molecular flexibility index (Phi) is 4.41. The van der Waals surface area contributed by atoms with E-state index in [1.165, 1.54) is 0 Å². The summed E-state index contributed by atoms with van der Waals surface area (Å²) < 4.78 is 4.78. The quantitative estimate of drug-likeness (QED) is 0.520. The second-order valence-corrected chi connectivity index (χ2v) is 2.78. The first-order chi connectivity index (χ1) is 6.83. The molecule has 0 aliphatic carbocycles. The van der Waals surface area contributed by atoms with Gasteiger partial charge in [0.05, 0.1) is 13.0 Å². The van der Waals surface area contributed by atoms with E-state index < -0.39 is 0 Å². The lowest BCUT2D eigenvalue weighted by Gasteiger charge is -2.01. The molecular weight excluding hydrogens is 180 g/mol. The van der Waals surface area contributed by atoms with Crippen LogP contribution in [0.4, 0.5) is 0 Å². The van der Waals surface area contributed by atoms with Gasteiger partial charge in [-0.15, -0.1) is 0 Å². The first-order valence-electron chi connectivity index (χ1n) is 4.37. The summed E-state index contributed by atoms with van der Waals surface area (Å²) in [4.78, 5) is 21.0. The van der Waals surface area contributed by atoms with Gasteiger partial charge in [0.25, 0.3) is 0 Å². The molecule has 1 aromatic rings. The van der Waals surface area contributed by atoms with Crippen molar-refractivity contribution in [2.24, 2.45) is 0 Å². The van der Waals surface area contributed by atoms with Crippen molar-refractivity contribution in [1.82, 2.24) is 0 Å². The van der Waals surface area contributed by atoms with Gasteiger partial charge in [-0.25, -0.2) is 0 Å². The van der Waals surface area contributed by atoms with E-state index in [1.54, 1.807) is 6.29 Å². The minimum atomic E-state index is -0.313. The van der Waals surface area contributed by atoms with Crippen molar-refractivity contribution in [3.63, 3.8) is 0 Å². The molecule has 1 aromatic carbocycles. The Bertz CT molecular complexity index is 293. The van der Waals surface area contributed by atoms with Gasteiger partial charge in [-0.3, -0.25) is 9.59 Å². The molecule has 0 saturated carbocycles. The molecule has 0 aliphatic heterocycles. The van der Waals surface area contributed by atoms with Crippen molar-refractivity contribution in [2.75, 3.05) is 6.61 Å². The highest BCUT2D eigenvalue weighted by molar-refractivity contribution is 5.72. The molecule has 0 unspecified atom stereocenters. The van der Waals surface area contributed by atoms with E-state index in [2.05, 4.69) is 0 Å². The normalized spacial score (nSPS) is 9.43. The Balaban J connectivity index is 2.31. The molecule has 3 heteroatoms. The molecule has 73 valence electrons. The van der Waals surface area contributed by atoms with Crippen LogP contribution in [0.3, 0.4) is 0 Å². The number of benzene rings is 1. The Morgan fingerprint density at radius 2 is 2.00 bits per heavy atom. The summed E-state index contributed by atoms with van der Waals surface area (Å²) in [5.41, 5.74) is 0.910. The van der Waals surface area contributed by atoms with Crippen molar-refractivity contribution in [1.29, 1.82) is 0 Å². The molecule has 14 heavy (non-hydrogen) atoms. The largest absolute Gasteiger partial charge is 0.465 e. The highest BCUT2D eigenvalue weighted by Crippen LogP contribution is 2.00. The maximum absolute atomic E-state index is 11.1. The average Bonchev–Trinajstić information content (AvgIpc) is 2.20. The summed E-state index contributed by atoms with van der Waals surface area (Å²) >= 11 is 0. The standard InChI is InChI=1S/C11H11O3/c12-7-4-8-14-11(13)9-10-5-2-1-3-6-10/h1-3,5-6H,4,8-9H2. The second-order valence-electron chi connectivity index (χ2n) is 2.78. The Morgan fingerprint density at radius 3 is 2.64 bits per heavy atom. The van der Waals surface area contributed by atoms with Crippen LogP contribution in [0.15, 0.2) is 30.3 Å². The van der Waals surface area contributed by atoms with Gasteiger partial charge in [-0.2, -0.15) is 0 Å². The number of rotatable bonds is 5. The summed E-state index contributed by atoms with van der Waals surface area (Å²) in [5, 5.41) is 0. The third-order valence-corrected chi connectivity index (χ3v) is 1.66. The lowest BCUT2D eigenvalue weighted by Crippen LogP contribution is -2.09. The van der Waals surface area contributed by atoms with E-state index in [9.17, 15) is 9.59 Å². The van der Waals surface area contributed by atoms with Gasteiger partial charge in [0.15, 0.2) is 0 Å². The number of carbonyl (C=O) groups is 1. The molecule has 0 heterocycles. The Hall–Kier alpha value is -1.64. The summed E-state index contributed by atoms with van der Waals surface area (Å²) in [7, 11) is 0. The van der Waals surface area contributed by atoms with E-state index >= 15 is 0 Å². The van der Waals surface area contributed by atoms with Crippen LogP contribution in [0.1, 0.15) is 12.0 Å². The van der Waals surface area contributed by atoms with Crippen LogP contribution in [0.5, 0.6) is 0 Å². The number of carbonyl (C=O) groups excluding carboxylic acids is 2. The maximum atomic E-state index is 11.1. The van der Waals surface area contributed by atoms with E-state index in [0.29, 0.717) is 0 Å². The topological polar surface area (TPSA) is 43.4 Å². The molecule has 0 aliphatic rings. The lowest BCUT2D eigenvalue weighted by molar-refractivity contribution is -0.142. The smallest absolute Gasteiger partial charge is 0.310 e. The first kappa shape index (κ1) is 10.4. The highest BCUT2D eigenvalue weighted by atomic mass is 16.5. The SMILES string of the molecule is O=[C]CCOC(=O)Cc1ccccc1. The molecule has 3 nitrogen and oxygen atoms in total. The van der Waals surface area contributed by atoms with E-state index in [1.807, 2.05) is 30.3 Å². The van der Waals surface area contributed by atoms with Crippen molar-refractivity contribution in [3.05, 3.63) is 35.9 Å². The van der Waals surface area contributed by atoms with Gasteiger partial charge in [-0.05, 0) is 5.56 Å². The van der Waals surface area contributed by atoms with Crippen LogP contribution in [-0.2, 0) is 20.7 Å². The van der Waals surface area contributed by atoms with Crippen LogP contribution >= 0.6 is 0 Å². The molecule has 0 atom stereocenters. The Morgan fingerprint density at radius 1 is 1.29 bits per heavy atom. The molecule has 0 amide bonds. The minimum absolute atomic E-state index is 0.120. The van der Waals surface area contributed by atoms with Crippen molar-refractivity contribution in [2.45, 2.75) is 12.8 Å². The molecule has 1 radical (unpaired) electrons. The van der Waals surface area contributed by atoms with Gasteiger partial charge >= 0.3 is 5.97 Å². The maximum Gasteiger partial charge on any atom is 0.310 e. The summed E-state index contributed by atoms with van der Waals surface area (Å²) in [6.45, 7) is 0.120. The number of hydrogen-bond donors (Lipinski definition) is 0. The predicted octanol–water partition coefficient (Wildman–Crippen LogP) is 1.27. The van der Waals surface area contributed by atoms with Crippen molar-refractivity contribution >= 4 is 12.3 Å². The third-order valence-electron chi connectivity index (χ3n) is 1.66. The number of esters is 1. The second kappa shape index (κ2) is 5.91. The van der Waals surface area contributed by atoms with Gasteiger partial charge in [0.2, 0.25) is 6.29 Å². The van der Waals surface area contributed by atoms with Crippen molar-refractivity contribution < 1.29 is 14.3 Å². The van der Waals surface area contributed by atoms with Gasteiger partial charge in [0, 0.05) is 6.42 Å². The van der Waals surface area contributed by atoms with Crippen LogP contribution in [0.25, 0.3) is 0 Å². The van der Waals surface area contributed by atoms with Gasteiger partial charge in [-0.1, -0.05) is 30.3 Å². The zero-order valence-electron chi connectivity index (χ0n) is 7.73. The number of hydrogen-bond acceptors (Lipinski definition) is 3. The third kappa shape index (κ3) is 3.85. The fraction of sp³-hybridized carbons (Fsp3) is 0.273.